The maximum absolute atomic E-state index is 11.5. The van der Waals surface area contributed by atoms with Crippen LogP contribution in [0.3, 0.4) is 0 Å². The van der Waals surface area contributed by atoms with Crippen LogP contribution in [0.25, 0.3) is 0 Å². The zero-order valence-electron chi connectivity index (χ0n) is 9.65. The highest BCUT2D eigenvalue weighted by Gasteiger charge is 2.20. The van der Waals surface area contributed by atoms with Crippen molar-refractivity contribution in [1.29, 1.82) is 0 Å². The number of aromatic nitrogens is 1. The Bertz CT molecular complexity index is 451. The number of nitrogens with one attached hydrogen (secondary N) is 1. The molecule has 3 N–H and O–H groups in total. The molecule has 5 nitrogen and oxygen atoms in total. The standard InChI is InChI=1S/C9H17N3O2S2/c1-6(2)4-5-11-9-7(16(3,13)14)8(10)12-15-9/h6,11H,4-5H2,1-3H3,(H2,10,12). The van der Waals surface area contributed by atoms with Gasteiger partial charge in [-0.25, -0.2) is 8.42 Å². The summed E-state index contributed by atoms with van der Waals surface area (Å²) < 4.78 is 26.8. The number of sulfone groups is 1. The van der Waals surface area contributed by atoms with Crippen LogP contribution in [0.2, 0.25) is 0 Å². The van der Waals surface area contributed by atoms with Crippen LogP contribution in [0.15, 0.2) is 4.90 Å². The molecule has 0 aliphatic heterocycles. The van der Waals surface area contributed by atoms with Crippen molar-refractivity contribution in [1.82, 2.24) is 4.37 Å². The molecule has 0 fully saturated rings. The Morgan fingerprint density at radius 2 is 2.12 bits per heavy atom. The summed E-state index contributed by atoms with van der Waals surface area (Å²) >= 11 is 1.09. The van der Waals surface area contributed by atoms with Crippen LogP contribution >= 0.6 is 11.5 Å². The predicted octanol–water partition coefficient (Wildman–Crippen LogP) is 1.59. The van der Waals surface area contributed by atoms with Crippen molar-refractivity contribution in [3.63, 3.8) is 0 Å². The molecule has 0 aromatic carbocycles. The minimum Gasteiger partial charge on any atom is -0.382 e. The third kappa shape index (κ3) is 3.34. The Hall–Kier alpha value is -0.820. The van der Waals surface area contributed by atoms with Gasteiger partial charge in [0.25, 0.3) is 0 Å². The highest BCUT2D eigenvalue weighted by molar-refractivity contribution is 7.91. The Morgan fingerprint density at radius 3 is 2.62 bits per heavy atom. The average molecular weight is 263 g/mol. The molecule has 7 heteroatoms. The van der Waals surface area contributed by atoms with E-state index in [9.17, 15) is 8.42 Å². The molecule has 92 valence electrons. The van der Waals surface area contributed by atoms with E-state index >= 15 is 0 Å². The Morgan fingerprint density at radius 1 is 1.50 bits per heavy atom. The van der Waals surface area contributed by atoms with Crippen LogP contribution in [0, 0.1) is 5.92 Å². The monoisotopic (exact) mass is 263 g/mol. The van der Waals surface area contributed by atoms with Crippen molar-refractivity contribution in [2.24, 2.45) is 5.92 Å². The second-order valence-electron chi connectivity index (χ2n) is 4.11. The van der Waals surface area contributed by atoms with Gasteiger partial charge in [0.1, 0.15) is 9.90 Å². The van der Waals surface area contributed by atoms with E-state index < -0.39 is 9.84 Å². The lowest BCUT2D eigenvalue weighted by Crippen LogP contribution is -2.08. The van der Waals surface area contributed by atoms with Crippen LogP contribution in [0.5, 0.6) is 0 Å². The van der Waals surface area contributed by atoms with E-state index in [4.69, 9.17) is 5.73 Å². The van der Waals surface area contributed by atoms with Gasteiger partial charge in [-0.3, -0.25) is 0 Å². The SMILES string of the molecule is CC(C)CCNc1snc(N)c1S(C)(=O)=O. The molecule has 0 unspecified atom stereocenters. The molecule has 16 heavy (non-hydrogen) atoms. The highest BCUT2D eigenvalue weighted by atomic mass is 32.2. The van der Waals surface area contributed by atoms with Gasteiger partial charge in [-0.05, 0) is 23.9 Å². The van der Waals surface area contributed by atoms with Gasteiger partial charge in [0.2, 0.25) is 0 Å². The van der Waals surface area contributed by atoms with E-state index in [1.165, 1.54) is 0 Å². The number of hydrogen-bond acceptors (Lipinski definition) is 6. The summed E-state index contributed by atoms with van der Waals surface area (Å²) in [5.74, 6) is 0.652. The first-order chi connectivity index (χ1) is 7.32. The lowest BCUT2D eigenvalue weighted by Gasteiger charge is -2.07. The summed E-state index contributed by atoms with van der Waals surface area (Å²) in [5.41, 5.74) is 5.54. The van der Waals surface area contributed by atoms with Gasteiger partial charge < -0.3 is 11.1 Å². The fraction of sp³-hybridized carbons (Fsp3) is 0.667. The topological polar surface area (TPSA) is 85.1 Å². The van der Waals surface area contributed by atoms with Crippen molar-refractivity contribution in [3.8, 4) is 0 Å². The second kappa shape index (κ2) is 5.01. The maximum atomic E-state index is 11.5. The molecular weight excluding hydrogens is 246 g/mol. The van der Waals surface area contributed by atoms with Crippen LogP contribution in [-0.2, 0) is 9.84 Å². The Labute approximate surface area is 100 Å². The number of nitrogen functional groups attached to an aromatic ring is 1. The molecule has 1 aromatic rings. The van der Waals surface area contributed by atoms with Crippen molar-refractivity contribution < 1.29 is 8.42 Å². The van der Waals surface area contributed by atoms with Gasteiger partial charge in [-0.1, -0.05) is 13.8 Å². The number of nitrogens with zero attached hydrogens (tertiary/aromatic N) is 1. The van der Waals surface area contributed by atoms with Crippen LogP contribution < -0.4 is 11.1 Å². The van der Waals surface area contributed by atoms with Crippen LogP contribution in [0.4, 0.5) is 10.8 Å². The van der Waals surface area contributed by atoms with E-state index in [0.29, 0.717) is 10.9 Å². The summed E-state index contributed by atoms with van der Waals surface area (Å²) in [6.07, 6.45) is 2.11. The summed E-state index contributed by atoms with van der Waals surface area (Å²) in [4.78, 5) is 0.126. The first kappa shape index (κ1) is 13.2. The van der Waals surface area contributed by atoms with E-state index in [1.807, 2.05) is 0 Å². The molecule has 0 radical (unpaired) electrons. The number of rotatable bonds is 5. The maximum Gasteiger partial charge on any atom is 0.182 e. The van der Waals surface area contributed by atoms with Crippen molar-refractivity contribution >= 4 is 32.2 Å². The minimum absolute atomic E-state index is 0.0829. The molecule has 0 saturated carbocycles. The number of nitrogens with two attached hydrogens (primary N) is 1. The normalized spacial score (nSPS) is 12.0. The first-order valence-electron chi connectivity index (χ1n) is 5.01. The van der Waals surface area contributed by atoms with Crippen molar-refractivity contribution in [2.45, 2.75) is 25.2 Å². The first-order valence-corrected chi connectivity index (χ1v) is 7.68. The van der Waals surface area contributed by atoms with Crippen LogP contribution in [-0.4, -0.2) is 25.6 Å². The number of anilines is 2. The lowest BCUT2D eigenvalue weighted by atomic mass is 10.1. The third-order valence-electron chi connectivity index (χ3n) is 2.05. The van der Waals surface area contributed by atoms with E-state index in [1.54, 1.807) is 0 Å². The largest absolute Gasteiger partial charge is 0.382 e. The summed E-state index contributed by atoms with van der Waals surface area (Å²) in [6.45, 7) is 4.95. The molecule has 0 atom stereocenters. The zero-order chi connectivity index (χ0) is 12.3. The van der Waals surface area contributed by atoms with E-state index in [2.05, 4.69) is 23.5 Å². The average Bonchev–Trinajstić information content (AvgIpc) is 2.45. The third-order valence-corrected chi connectivity index (χ3v) is 4.16. The van der Waals surface area contributed by atoms with Gasteiger partial charge in [-0.15, -0.1) is 0 Å². The highest BCUT2D eigenvalue weighted by Crippen LogP contribution is 2.31. The van der Waals surface area contributed by atoms with Crippen LogP contribution in [0.1, 0.15) is 20.3 Å². The predicted molar refractivity (Wildman–Crippen MR) is 67.6 cm³/mol. The molecule has 1 aromatic heterocycles. The molecule has 0 bridgehead atoms. The summed E-state index contributed by atoms with van der Waals surface area (Å²) in [7, 11) is -3.31. The van der Waals surface area contributed by atoms with Gasteiger partial charge >= 0.3 is 0 Å². The van der Waals surface area contributed by atoms with Crippen molar-refractivity contribution in [2.75, 3.05) is 23.9 Å². The zero-order valence-corrected chi connectivity index (χ0v) is 11.3. The van der Waals surface area contributed by atoms with Gasteiger partial charge in [0, 0.05) is 12.8 Å². The number of hydrogen-bond donors (Lipinski definition) is 2. The van der Waals surface area contributed by atoms with Gasteiger partial charge in [0.05, 0.1) is 0 Å². The molecule has 1 heterocycles. The van der Waals surface area contributed by atoms with Gasteiger partial charge in [-0.2, -0.15) is 4.37 Å². The van der Waals surface area contributed by atoms with E-state index in [0.717, 1.165) is 30.8 Å². The quantitative estimate of drug-likeness (QED) is 0.842. The minimum atomic E-state index is -3.31. The Balaban J connectivity index is 2.82. The molecule has 0 amide bonds. The van der Waals surface area contributed by atoms with E-state index in [-0.39, 0.29) is 10.7 Å². The van der Waals surface area contributed by atoms with Gasteiger partial charge in [0.15, 0.2) is 15.7 Å². The smallest absolute Gasteiger partial charge is 0.182 e. The second-order valence-corrected chi connectivity index (χ2v) is 6.83. The Kier molecular flexibility index (Phi) is 4.15. The molecular formula is C9H17N3O2S2. The molecule has 0 spiro atoms. The molecule has 0 aliphatic carbocycles. The molecule has 0 aliphatic rings. The summed E-state index contributed by atoms with van der Waals surface area (Å²) in [6, 6.07) is 0. The molecule has 0 saturated heterocycles. The fourth-order valence-electron chi connectivity index (χ4n) is 1.24. The summed E-state index contributed by atoms with van der Waals surface area (Å²) in [5, 5.41) is 3.61. The molecule has 1 rings (SSSR count). The fourth-order valence-corrected chi connectivity index (χ4v) is 3.33. The lowest BCUT2D eigenvalue weighted by molar-refractivity contribution is 0.601. The van der Waals surface area contributed by atoms with Crippen molar-refractivity contribution in [3.05, 3.63) is 0 Å².